The largest absolute Gasteiger partial charge is 0.394 e. The van der Waals surface area contributed by atoms with Crippen LogP contribution in [0.25, 0.3) is 0 Å². The SMILES string of the molecule is OCC(O)COC(c1ccccc1)c1ccccc1. The van der Waals surface area contributed by atoms with E-state index < -0.39 is 6.10 Å². The molecule has 3 nitrogen and oxygen atoms in total. The monoisotopic (exact) mass is 258 g/mol. The number of rotatable bonds is 6. The predicted molar refractivity (Wildman–Crippen MR) is 73.8 cm³/mol. The molecule has 19 heavy (non-hydrogen) atoms. The number of aliphatic hydroxyl groups is 2. The van der Waals surface area contributed by atoms with Gasteiger partial charge in [0.25, 0.3) is 0 Å². The van der Waals surface area contributed by atoms with Gasteiger partial charge in [0.15, 0.2) is 0 Å². The summed E-state index contributed by atoms with van der Waals surface area (Å²) in [6, 6.07) is 19.7. The van der Waals surface area contributed by atoms with Crippen LogP contribution in [0.5, 0.6) is 0 Å². The zero-order valence-electron chi connectivity index (χ0n) is 10.6. The Morgan fingerprint density at radius 2 is 1.32 bits per heavy atom. The highest BCUT2D eigenvalue weighted by atomic mass is 16.5. The first-order valence-electron chi connectivity index (χ1n) is 6.31. The molecular formula is C16H18O3. The molecule has 0 aromatic heterocycles. The highest BCUT2D eigenvalue weighted by molar-refractivity contribution is 5.29. The van der Waals surface area contributed by atoms with E-state index in [1.54, 1.807) is 0 Å². The zero-order chi connectivity index (χ0) is 13.5. The number of hydrogen-bond donors (Lipinski definition) is 2. The van der Waals surface area contributed by atoms with Crippen molar-refractivity contribution in [2.45, 2.75) is 12.2 Å². The lowest BCUT2D eigenvalue weighted by molar-refractivity contribution is -0.0167. The lowest BCUT2D eigenvalue weighted by atomic mass is 10.0. The predicted octanol–water partition coefficient (Wildman–Crippen LogP) is 2.15. The Kier molecular flexibility index (Phi) is 5.10. The van der Waals surface area contributed by atoms with Crippen molar-refractivity contribution in [3.05, 3.63) is 71.8 Å². The van der Waals surface area contributed by atoms with Gasteiger partial charge in [-0.25, -0.2) is 0 Å². The maximum Gasteiger partial charge on any atom is 0.108 e. The van der Waals surface area contributed by atoms with Crippen molar-refractivity contribution in [2.24, 2.45) is 0 Å². The van der Waals surface area contributed by atoms with Gasteiger partial charge >= 0.3 is 0 Å². The molecule has 2 rings (SSSR count). The second-order valence-electron chi connectivity index (χ2n) is 4.37. The minimum atomic E-state index is -0.852. The third kappa shape index (κ3) is 3.89. The van der Waals surface area contributed by atoms with Gasteiger partial charge in [0.2, 0.25) is 0 Å². The van der Waals surface area contributed by atoms with Crippen LogP contribution in [0.2, 0.25) is 0 Å². The average Bonchev–Trinajstić information content (AvgIpc) is 2.49. The maximum atomic E-state index is 9.43. The molecule has 2 aromatic rings. The van der Waals surface area contributed by atoms with E-state index in [1.165, 1.54) is 0 Å². The minimum absolute atomic E-state index is 0.102. The van der Waals surface area contributed by atoms with Crippen molar-refractivity contribution in [3.63, 3.8) is 0 Å². The summed E-state index contributed by atoms with van der Waals surface area (Å²) < 4.78 is 5.76. The van der Waals surface area contributed by atoms with Gasteiger partial charge in [0, 0.05) is 0 Å². The Labute approximate surface area is 113 Å². The van der Waals surface area contributed by atoms with Crippen LogP contribution in [0.3, 0.4) is 0 Å². The Balaban J connectivity index is 2.19. The second-order valence-corrected chi connectivity index (χ2v) is 4.37. The van der Waals surface area contributed by atoms with E-state index in [2.05, 4.69) is 0 Å². The fourth-order valence-corrected chi connectivity index (χ4v) is 1.90. The molecule has 0 spiro atoms. The van der Waals surface area contributed by atoms with Gasteiger partial charge in [-0.3, -0.25) is 0 Å². The van der Waals surface area contributed by atoms with E-state index in [4.69, 9.17) is 9.84 Å². The number of benzene rings is 2. The molecule has 0 aliphatic heterocycles. The molecular weight excluding hydrogens is 240 g/mol. The highest BCUT2D eigenvalue weighted by Gasteiger charge is 2.15. The molecule has 0 aliphatic carbocycles. The van der Waals surface area contributed by atoms with Crippen LogP contribution in [-0.4, -0.2) is 29.5 Å². The van der Waals surface area contributed by atoms with Crippen LogP contribution in [0.4, 0.5) is 0 Å². The molecule has 100 valence electrons. The maximum absolute atomic E-state index is 9.43. The fraction of sp³-hybridized carbons (Fsp3) is 0.250. The van der Waals surface area contributed by atoms with E-state index in [0.29, 0.717) is 0 Å². The van der Waals surface area contributed by atoms with E-state index in [-0.39, 0.29) is 19.3 Å². The standard InChI is InChI=1S/C16H18O3/c17-11-15(18)12-19-16(13-7-3-1-4-8-13)14-9-5-2-6-10-14/h1-10,15-18H,11-12H2. The van der Waals surface area contributed by atoms with E-state index >= 15 is 0 Å². The summed E-state index contributed by atoms with van der Waals surface area (Å²) in [4.78, 5) is 0. The lowest BCUT2D eigenvalue weighted by Gasteiger charge is -2.20. The molecule has 1 atom stereocenters. The molecule has 2 aromatic carbocycles. The van der Waals surface area contributed by atoms with Crippen molar-refractivity contribution in [1.29, 1.82) is 0 Å². The summed E-state index contributed by atoms with van der Waals surface area (Å²) in [6.45, 7) is -0.193. The van der Waals surface area contributed by atoms with Crippen molar-refractivity contribution < 1.29 is 14.9 Å². The highest BCUT2D eigenvalue weighted by Crippen LogP contribution is 2.25. The van der Waals surface area contributed by atoms with Gasteiger partial charge in [0.05, 0.1) is 13.2 Å². The van der Waals surface area contributed by atoms with E-state index in [9.17, 15) is 5.11 Å². The van der Waals surface area contributed by atoms with Crippen LogP contribution in [0.1, 0.15) is 17.2 Å². The summed E-state index contributed by atoms with van der Waals surface area (Å²) in [5, 5.41) is 18.3. The molecule has 0 aliphatic rings. The van der Waals surface area contributed by atoms with Crippen molar-refractivity contribution in [2.75, 3.05) is 13.2 Å². The molecule has 0 saturated carbocycles. The molecule has 0 heterocycles. The summed E-state index contributed by atoms with van der Waals surface area (Å²) in [5.74, 6) is 0. The zero-order valence-corrected chi connectivity index (χ0v) is 10.6. The van der Waals surface area contributed by atoms with Gasteiger partial charge in [-0.15, -0.1) is 0 Å². The van der Waals surface area contributed by atoms with E-state index in [0.717, 1.165) is 11.1 Å². The van der Waals surface area contributed by atoms with Crippen molar-refractivity contribution in [3.8, 4) is 0 Å². The van der Waals surface area contributed by atoms with Crippen LogP contribution in [-0.2, 0) is 4.74 Å². The topological polar surface area (TPSA) is 49.7 Å². The first kappa shape index (κ1) is 13.7. The van der Waals surface area contributed by atoms with Gasteiger partial charge in [-0.2, -0.15) is 0 Å². The lowest BCUT2D eigenvalue weighted by Crippen LogP contribution is -2.21. The molecule has 0 saturated heterocycles. The Bertz CT molecular complexity index is 430. The quantitative estimate of drug-likeness (QED) is 0.834. The summed E-state index contributed by atoms with van der Waals surface area (Å²) in [7, 11) is 0. The Morgan fingerprint density at radius 1 is 0.842 bits per heavy atom. The molecule has 0 amide bonds. The molecule has 0 fully saturated rings. The number of ether oxygens (including phenoxy) is 1. The van der Waals surface area contributed by atoms with Gasteiger partial charge in [-0.1, -0.05) is 60.7 Å². The molecule has 1 unspecified atom stereocenters. The van der Waals surface area contributed by atoms with Gasteiger partial charge in [0.1, 0.15) is 12.2 Å². The summed E-state index contributed by atoms with van der Waals surface area (Å²) in [5.41, 5.74) is 2.05. The fourth-order valence-electron chi connectivity index (χ4n) is 1.90. The Hall–Kier alpha value is -1.68. The first-order chi connectivity index (χ1) is 9.31. The Morgan fingerprint density at radius 3 is 1.74 bits per heavy atom. The first-order valence-corrected chi connectivity index (χ1v) is 6.31. The molecule has 2 N–H and O–H groups in total. The number of hydrogen-bond acceptors (Lipinski definition) is 3. The number of aliphatic hydroxyl groups excluding tert-OH is 2. The summed E-state index contributed by atoms with van der Waals surface area (Å²) in [6.07, 6.45) is -1.08. The normalized spacial score (nSPS) is 12.6. The summed E-state index contributed by atoms with van der Waals surface area (Å²) >= 11 is 0. The molecule has 3 heteroatoms. The smallest absolute Gasteiger partial charge is 0.108 e. The third-order valence-corrected chi connectivity index (χ3v) is 2.87. The molecule has 0 radical (unpaired) electrons. The van der Waals surface area contributed by atoms with Crippen LogP contribution >= 0.6 is 0 Å². The molecule has 0 bridgehead atoms. The van der Waals surface area contributed by atoms with Crippen molar-refractivity contribution in [1.82, 2.24) is 0 Å². The van der Waals surface area contributed by atoms with Crippen LogP contribution < -0.4 is 0 Å². The van der Waals surface area contributed by atoms with Crippen LogP contribution in [0, 0.1) is 0 Å². The van der Waals surface area contributed by atoms with Gasteiger partial charge in [-0.05, 0) is 11.1 Å². The third-order valence-electron chi connectivity index (χ3n) is 2.87. The van der Waals surface area contributed by atoms with E-state index in [1.807, 2.05) is 60.7 Å². The van der Waals surface area contributed by atoms with Crippen molar-refractivity contribution >= 4 is 0 Å². The van der Waals surface area contributed by atoms with Gasteiger partial charge < -0.3 is 14.9 Å². The minimum Gasteiger partial charge on any atom is -0.394 e. The average molecular weight is 258 g/mol. The second kappa shape index (κ2) is 7.04. The van der Waals surface area contributed by atoms with Crippen LogP contribution in [0.15, 0.2) is 60.7 Å².